The van der Waals surface area contributed by atoms with E-state index in [9.17, 15) is 0 Å². The van der Waals surface area contributed by atoms with E-state index in [1.807, 2.05) is 36.4 Å². The molecular weight excluding hydrogens is 284 g/mol. The van der Waals surface area contributed by atoms with Crippen molar-refractivity contribution in [2.45, 2.75) is 6.61 Å². The van der Waals surface area contributed by atoms with Crippen molar-refractivity contribution >= 4 is 22.9 Å². The largest absolute Gasteiger partial charge is 0.488 e. The fourth-order valence-corrected chi connectivity index (χ4v) is 2.58. The number of hydrogen-bond donors (Lipinski definition) is 0. The number of ether oxygens (including phenoxy) is 1. The van der Waals surface area contributed by atoms with Gasteiger partial charge in [0.05, 0.1) is 4.34 Å². The van der Waals surface area contributed by atoms with Gasteiger partial charge in [-0.3, -0.25) is 0 Å². The molecule has 0 spiro atoms. The van der Waals surface area contributed by atoms with Crippen LogP contribution in [0.25, 0.3) is 11.5 Å². The van der Waals surface area contributed by atoms with Crippen molar-refractivity contribution in [2.24, 2.45) is 0 Å². The Morgan fingerprint density at radius 2 is 2.00 bits per heavy atom. The second kappa shape index (κ2) is 5.42. The Labute approximate surface area is 118 Å². The van der Waals surface area contributed by atoms with Crippen LogP contribution in [0.2, 0.25) is 4.34 Å². The lowest BCUT2D eigenvalue weighted by Gasteiger charge is -2.04. The third-order valence-electron chi connectivity index (χ3n) is 2.47. The molecule has 3 rings (SSSR count). The predicted octanol–water partition coefficient (Wildman–Crippen LogP) is 4.03. The Hall–Kier alpha value is -1.85. The Bertz CT molecular complexity index is 650. The second-order valence-electron chi connectivity index (χ2n) is 3.76. The van der Waals surface area contributed by atoms with E-state index in [1.54, 1.807) is 0 Å². The predicted molar refractivity (Wildman–Crippen MR) is 73.4 cm³/mol. The summed E-state index contributed by atoms with van der Waals surface area (Å²) in [5.74, 6) is 1.28. The Morgan fingerprint density at radius 3 is 2.63 bits per heavy atom. The van der Waals surface area contributed by atoms with E-state index >= 15 is 0 Å². The highest BCUT2D eigenvalue weighted by Gasteiger charge is 2.04. The first-order valence-electron chi connectivity index (χ1n) is 5.55. The topological polar surface area (TPSA) is 48.2 Å². The third kappa shape index (κ3) is 2.94. The van der Waals surface area contributed by atoms with Crippen LogP contribution in [0.15, 0.2) is 47.2 Å². The molecule has 2 aromatic heterocycles. The maximum Gasteiger partial charge on any atom is 0.247 e. The van der Waals surface area contributed by atoms with E-state index in [0.717, 1.165) is 20.5 Å². The first-order chi connectivity index (χ1) is 9.31. The summed E-state index contributed by atoms with van der Waals surface area (Å²) >= 11 is 7.38. The Balaban J connectivity index is 1.66. The summed E-state index contributed by atoms with van der Waals surface area (Å²) in [5, 5.41) is 7.48. The number of hydrogen-bond acceptors (Lipinski definition) is 5. The molecule has 4 nitrogen and oxygen atoms in total. The molecule has 2 heterocycles. The molecule has 0 atom stereocenters. The first kappa shape index (κ1) is 12.2. The average Bonchev–Trinajstić information content (AvgIpc) is 3.08. The van der Waals surface area contributed by atoms with Gasteiger partial charge in [0, 0.05) is 10.4 Å². The molecule has 0 aliphatic rings. The molecule has 0 radical (unpaired) electrons. The van der Waals surface area contributed by atoms with Crippen LogP contribution in [0.4, 0.5) is 0 Å². The van der Waals surface area contributed by atoms with Gasteiger partial charge in [-0.15, -0.1) is 21.5 Å². The quantitative estimate of drug-likeness (QED) is 0.728. The summed E-state index contributed by atoms with van der Waals surface area (Å²) in [4.78, 5) is 1.09. The molecular formula is C13H9ClN2O2S. The lowest BCUT2D eigenvalue weighted by molar-refractivity contribution is 0.310. The third-order valence-corrected chi connectivity index (χ3v) is 3.68. The highest BCUT2D eigenvalue weighted by Crippen LogP contribution is 2.24. The molecule has 0 amide bonds. The number of thiophene rings is 1. The van der Waals surface area contributed by atoms with E-state index in [2.05, 4.69) is 10.2 Å². The van der Waals surface area contributed by atoms with Crippen molar-refractivity contribution < 1.29 is 9.15 Å². The van der Waals surface area contributed by atoms with Crippen molar-refractivity contribution in [3.8, 4) is 17.2 Å². The van der Waals surface area contributed by atoms with Crippen molar-refractivity contribution in [3.63, 3.8) is 0 Å². The molecule has 0 saturated heterocycles. The van der Waals surface area contributed by atoms with E-state index in [1.165, 1.54) is 17.7 Å². The van der Waals surface area contributed by atoms with Gasteiger partial charge in [-0.2, -0.15) is 0 Å². The normalized spacial score (nSPS) is 10.6. The van der Waals surface area contributed by atoms with Gasteiger partial charge in [0.25, 0.3) is 0 Å². The molecule has 0 unspecified atom stereocenters. The van der Waals surface area contributed by atoms with Crippen molar-refractivity contribution in [3.05, 3.63) is 52.0 Å². The van der Waals surface area contributed by atoms with Crippen LogP contribution in [0.5, 0.6) is 5.75 Å². The van der Waals surface area contributed by atoms with Crippen LogP contribution in [0, 0.1) is 0 Å². The summed E-state index contributed by atoms with van der Waals surface area (Å²) in [6.45, 7) is 0.511. The Morgan fingerprint density at radius 1 is 1.16 bits per heavy atom. The molecule has 0 aliphatic carbocycles. The maximum atomic E-state index is 5.86. The van der Waals surface area contributed by atoms with E-state index in [0.29, 0.717) is 12.5 Å². The van der Waals surface area contributed by atoms with Crippen molar-refractivity contribution in [2.75, 3.05) is 0 Å². The fourth-order valence-electron chi connectivity index (χ4n) is 1.58. The zero-order valence-corrected chi connectivity index (χ0v) is 11.3. The van der Waals surface area contributed by atoms with Gasteiger partial charge in [0.15, 0.2) is 0 Å². The van der Waals surface area contributed by atoms with E-state index in [-0.39, 0.29) is 0 Å². The van der Waals surface area contributed by atoms with Crippen LogP contribution < -0.4 is 4.74 Å². The lowest BCUT2D eigenvalue weighted by atomic mass is 10.2. The molecule has 0 bridgehead atoms. The summed E-state index contributed by atoms with van der Waals surface area (Å²) in [6.07, 6.45) is 1.31. The van der Waals surface area contributed by atoms with E-state index in [4.69, 9.17) is 20.8 Å². The minimum absolute atomic E-state index is 0.497. The van der Waals surface area contributed by atoms with Gasteiger partial charge in [0.2, 0.25) is 12.3 Å². The average molecular weight is 293 g/mol. The molecule has 3 aromatic rings. The smallest absolute Gasteiger partial charge is 0.247 e. The molecule has 19 heavy (non-hydrogen) atoms. The van der Waals surface area contributed by atoms with Crippen molar-refractivity contribution in [1.82, 2.24) is 10.2 Å². The van der Waals surface area contributed by atoms with Gasteiger partial charge in [-0.25, -0.2) is 0 Å². The van der Waals surface area contributed by atoms with Crippen LogP contribution in [-0.4, -0.2) is 10.2 Å². The van der Waals surface area contributed by atoms with Crippen LogP contribution in [0.1, 0.15) is 4.88 Å². The standard InChI is InChI=1S/C13H9ClN2O2S/c14-12-6-5-11(19-12)7-17-10-3-1-9(2-4-10)13-16-15-8-18-13/h1-6,8H,7H2. The molecule has 96 valence electrons. The van der Waals surface area contributed by atoms with Gasteiger partial charge >= 0.3 is 0 Å². The molecule has 1 aromatic carbocycles. The van der Waals surface area contributed by atoms with Crippen LogP contribution in [-0.2, 0) is 6.61 Å². The second-order valence-corrected chi connectivity index (χ2v) is 5.56. The SMILES string of the molecule is Clc1ccc(COc2ccc(-c3nnco3)cc2)s1. The number of halogens is 1. The number of nitrogens with zero attached hydrogens (tertiary/aromatic N) is 2. The summed E-state index contributed by atoms with van der Waals surface area (Å²) in [6, 6.07) is 11.3. The Kier molecular flexibility index (Phi) is 3.48. The number of benzene rings is 1. The monoisotopic (exact) mass is 292 g/mol. The zero-order valence-electron chi connectivity index (χ0n) is 9.75. The van der Waals surface area contributed by atoms with Gasteiger partial charge in [-0.05, 0) is 36.4 Å². The highest BCUT2D eigenvalue weighted by molar-refractivity contribution is 7.16. The molecule has 6 heteroatoms. The lowest BCUT2D eigenvalue weighted by Crippen LogP contribution is -1.92. The summed E-state index contributed by atoms with van der Waals surface area (Å²) in [5.41, 5.74) is 0.865. The van der Waals surface area contributed by atoms with Crippen molar-refractivity contribution in [1.29, 1.82) is 0 Å². The highest BCUT2D eigenvalue weighted by atomic mass is 35.5. The van der Waals surface area contributed by atoms with E-state index < -0.39 is 0 Å². The first-order valence-corrected chi connectivity index (χ1v) is 6.74. The summed E-state index contributed by atoms with van der Waals surface area (Å²) in [7, 11) is 0. The number of rotatable bonds is 4. The molecule has 0 N–H and O–H groups in total. The minimum Gasteiger partial charge on any atom is -0.488 e. The minimum atomic E-state index is 0.497. The zero-order chi connectivity index (χ0) is 13.1. The van der Waals surface area contributed by atoms with Gasteiger partial charge in [-0.1, -0.05) is 11.6 Å². The van der Waals surface area contributed by atoms with Crippen LogP contribution in [0.3, 0.4) is 0 Å². The summed E-state index contributed by atoms with van der Waals surface area (Å²) < 4.78 is 11.5. The molecule has 0 fully saturated rings. The van der Waals surface area contributed by atoms with Gasteiger partial charge in [0.1, 0.15) is 12.4 Å². The number of aromatic nitrogens is 2. The molecule has 0 saturated carbocycles. The maximum absolute atomic E-state index is 5.86. The van der Waals surface area contributed by atoms with Gasteiger partial charge < -0.3 is 9.15 Å². The fraction of sp³-hybridized carbons (Fsp3) is 0.0769. The molecule has 0 aliphatic heterocycles. The van der Waals surface area contributed by atoms with Crippen LogP contribution >= 0.6 is 22.9 Å².